The highest BCUT2D eigenvalue weighted by molar-refractivity contribution is 5.66. The van der Waals surface area contributed by atoms with Crippen LogP contribution in [0, 0.1) is 5.92 Å². The van der Waals surface area contributed by atoms with Gasteiger partial charge in [-0.05, 0) is 24.8 Å². The van der Waals surface area contributed by atoms with Crippen LogP contribution in [0.2, 0.25) is 0 Å². The van der Waals surface area contributed by atoms with E-state index in [9.17, 15) is 4.79 Å². The lowest BCUT2D eigenvalue weighted by Crippen LogP contribution is -2.02. The molecule has 1 unspecified atom stereocenters. The smallest absolute Gasteiger partial charge is 0.302 e. The van der Waals surface area contributed by atoms with Crippen LogP contribution in [0.25, 0.3) is 0 Å². The van der Waals surface area contributed by atoms with E-state index in [-0.39, 0.29) is 5.97 Å². The summed E-state index contributed by atoms with van der Waals surface area (Å²) >= 11 is 0. The summed E-state index contributed by atoms with van der Waals surface area (Å²) in [5.74, 6) is 0.234. The number of ether oxygens (including phenoxy) is 1. The predicted molar refractivity (Wildman–Crippen MR) is 54.4 cm³/mol. The van der Waals surface area contributed by atoms with Crippen LogP contribution in [0.4, 0.5) is 0 Å². The van der Waals surface area contributed by atoms with Gasteiger partial charge < -0.3 is 4.74 Å². The van der Waals surface area contributed by atoms with E-state index in [0.29, 0.717) is 12.5 Å². The second kappa shape index (κ2) is 6.46. The monoisotopic (exact) mass is 182 g/mol. The van der Waals surface area contributed by atoms with Gasteiger partial charge in [-0.1, -0.05) is 19.1 Å². The third-order valence-electron chi connectivity index (χ3n) is 1.61. The van der Waals surface area contributed by atoms with Gasteiger partial charge in [-0.3, -0.25) is 4.79 Å². The molecule has 74 valence electrons. The van der Waals surface area contributed by atoms with Gasteiger partial charge >= 0.3 is 5.97 Å². The van der Waals surface area contributed by atoms with E-state index in [1.807, 2.05) is 13.0 Å². The number of carbonyl (C=O) groups excluding carboxylic acids is 1. The fraction of sp³-hybridized carbons (Fsp3) is 0.545. The summed E-state index contributed by atoms with van der Waals surface area (Å²) in [7, 11) is 0. The lowest BCUT2D eigenvalue weighted by atomic mass is 10.1. The predicted octanol–water partition coefficient (Wildman–Crippen LogP) is 2.71. The van der Waals surface area contributed by atoms with Crippen molar-refractivity contribution in [2.45, 2.75) is 27.2 Å². The van der Waals surface area contributed by atoms with Crippen molar-refractivity contribution in [1.29, 1.82) is 0 Å². The Morgan fingerprint density at radius 2 is 2.15 bits per heavy atom. The average Bonchev–Trinajstić information content (AvgIpc) is 2.01. The number of hydrogen-bond donors (Lipinski definition) is 0. The Balaban J connectivity index is 3.85. The van der Waals surface area contributed by atoms with Crippen molar-refractivity contribution in [3.05, 3.63) is 24.3 Å². The summed E-state index contributed by atoms with van der Waals surface area (Å²) in [5.41, 5.74) is 1.09. The van der Waals surface area contributed by atoms with E-state index in [0.717, 1.165) is 12.0 Å². The van der Waals surface area contributed by atoms with Crippen molar-refractivity contribution >= 4 is 5.97 Å². The third-order valence-corrected chi connectivity index (χ3v) is 1.61. The van der Waals surface area contributed by atoms with Crippen LogP contribution in [0.1, 0.15) is 27.2 Å². The van der Waals surface area contributed by atoms with Gasteiger partial charge in [-0.25, -0.2) is 0 Å². The molecule has 2 nitrogen and oxygen atoms in total. The minimum atomic E-state index is -0.232. The molecule has 0 amide bonds. The standard InChI is InChI=1S/C11H18O2/c1-5-6-9(2)7-10(3)8-13-11(4)12/h5,7,9H,1,6,8H2,2-4H3. The van der Waals surface area contributed by atoms with Crippen molar-refractivity contribution in [1.82, 2.24) is 0 Å². The molecule has 0 N–H and O–H groups in total. The van der Waals surface area contributed by atoms with Crippen molar-refractivity contribution in [2.75, 3.05) is 6.61 Å². The molecule has 0 saturated carbocycles. The maximum Gasteiger partial charge on any atom is 0.302 e. The first-order chi connectivity index (χ1) is 6.06. The van der Waals surface area contributed by atoms with Crippen LogP contribution >= 0.6 is 0 Å². The van der Waals surface area contributed by atoms with Gasteiger partial charge in [-0.2, -0.15) is 0 Å². The van der Waals surface area contributed by atoms with Crippen molar-refractivity contribution in [3.63, 3.8) is 0 Å². The zero-order valence-corrected chi connectivity index (χ0v) is 8.67. The number of hydrogen-bond acceptors (Lipinski definition) is 2. The maximum absolute atomic E-state index is 10.5. The molecule has 0 aliphatic heterocycles. The Bertz CT molecular complexity index is 204. The van der Waals surface area contributed by atoms with Crippen LogP contribution in [0.3, 0.4) is 0 Å². The summed E-state index contributed by atoms with van der Waals surface area (Å²) in [6, 6.07) is 0. The summed E-state index contributed by atoms with van der Waals surface area (Å²) < 4.78 is 4.85. The van der Waals surface area contributed by atoms with Crippen LogP contribution < -0.4 is 0 Å². The van der Waals surface area contributed by atoms with Crippen LogP contribution in [-0.4, -0.2) is 12.6 Å². The molecule has 0 spiro atoms. The summed E-state index contributed by atoms with van der Waals surface area (Å²) in [4.78, 5) is 10.5. The Morgan fingerprint density at radius 3 is 2.62 bits per heavy atom. The minimum Gasteiger partial charge on any atom is -0.461 e. The molecule has 0 aromatic rings. The fourth-order valence-electron chi connectivity index (χ4n) is 1.08. The van der Waals surface area contributed by atoms with Crippen molar-refractivity contribution < 1.29 is 9.53 Å². The molecule has 0 aliphatic rings. The van der Waals surface area contributed by atoms with E-state index in [4.69, 9.17) is 4.74 Å². The zero-order chi connectivity index (χ0) is 10.3. The second-order valence-corrected chi connectivity index (χ2v) is 3.29. The van der Waals surface area contributed by atoms with Gasteiger partial charge in [0.1, 0.15) is 6.61 Å². The van der Waals surface area contributed by atoms with Gasteiger partial charge in [0.2, 0.25) is 0 Å². The Kier molecular flexibility index (Phi) is 5.94. The molecule has 2 heteroatoms. The molecule has 13 heavy (non-hydrogen) atoms. The molecule has 0 saturated heterocycles. The summed E-state index contributed by atoms with van der Waals surface area (Å²) in [5, 5.41) is 0. The fourth-order valence-corrected chi connectivity index (χ4v) is 1.08. The van der Waals surface area contributed by atoms with E-state index < -0.39 is 0 Å². The van der Waals surface area contributed by atoms with Gasteiger partial charge in [0, 0.05) is 6.92 Å². The summed E-state index contributed by atoms with van der Waals surface area (Å²) in [6.45, 7) is 9.56. The first-order valence-electron chi connectivity index (χ1n) is 4.47. The number of carbonyl (C=O) groups is 1. The normalized spacial score (nSPS) is 13.6. The lowest BCUT2D eigenvalue weighted by Gasteiger charge is -2.05. The molecule has 0 rings (SSSR count). The highest BCUT2D eigenvalue weighted by Gasteiger charge is 1.98. The molecular formula is C11H18O2. The van der Waals surface area contributed by atoms with Gasteiger partial charge in [0.15, 0.2) is 0 Å². The van der Waals surface area contributed by atoms with Gasteiger partial charge in [0.25, 0.3) is 0 Å². The Morgan fingerprint density at radius 1 is 1.54 bits per heavy atom. The Hall–Kier alpha value is -1.05. The minimum absolute atomic E-state index is 0.232. The zero-order valence-electron chi connectivity index (χ0n) is 8.67. The molecule has 0 heterocycles. The quantitative estimate of drug-likeness (QED) is 0.482. The molecular weight excluding hydrogens is 164 g/mol. The van der Waals surface area contributed by atoms with Crippen LogP contribution in [-0.2, 0) is 9.53 Å². The SMILES string of the molecule is C=CCC(C)C=C(C)COC(C)=O. The highest BCUT2D eigenvalue weighted by atomic mass is 16.5. The Labute approximate surface area is 80.3 Å². The summed E-state index contributed by atoms with van der Waals surface area (Å²) in [6.07, 6.45) is 4.95. The average molecular weight is 182 g/mol. The first kappa shape index (κ1) is 11.9. The molecule has 0 aromatic carbocycles. The van der Waals surface area contributed by atoms with E-state index in [1.54, 1.807) is 0 Å². The van der Waals surface area contributed by atoms with Crippen molar-refractivity contribution in [3.8, 4) is 0 Å². The van der Waals surface area contributed by atoms with Crippen LogP contribution in [0.5, 0.6) is 0 Å². The maximum atomic E-state index is 10.5. The molecule has 0 fully saturated rings. The van der Waals surface area contributed by atoms with Gasteiger partial charge in [-0.15, -0.1) is 6.58 Å². The molecule has 0 aliphatic carbocycles. The third kappa shape index (κ3) is 7.32. The van der Waals surface area contributed by atoms with E-state index >= 15 is 0 Å². The lowest BCUT2D eigenvalue weighted by molar-refractivity contribution is -0.139. The largest absolute Gasteiger partial charge is 0.461 e. The molecule has 0 aromatic heterocycles. The van der Waals surface area contributed by atoms with Crippen molar-refractivity contribution in [2.24, 2.45) is 5.92 Å². The van der Waals surface area contributed by atoms with E-state index in [1.165, 1.54) is 6.92 Å². The molecule has 0 bridgehead atoms. The number of esters is 1. The first-order valence-corrected chi connectivity index (χ1v) is 4.47. The number of rotatable bonds is 5. The molecule has 0 radical (unpaired) electrons. The van der Waals surface area contributed by atoms with Crippen LogP contribution in [0.15, 0.2) is 24.3 Å². The van der Waals surface area contributed by atoms with Gasteiger partial charge in [0.05, 0.1) is 0 Å². The topological polar surface area (TPSA) is 26.3 Å². The molecule has 1 atom stereocenters. The van der Waals surface area contributed by atoms with E-state index in [2.05, 4.69) is 19.6 Å². The second-order valence-electron chi connectivity index (χ2n) is 3.29. The highest BCUT2D eigenvalue weighted by Crippen LogP contribution is 2.07. The number of allylic oxidation sites excluding steroid dienone is 2.